The van der Waals surface area contributed by atoms with E-state index in [0.29, 0.717) is 28.0 Å². The summed E-state index contributed by atoms with van der Waals surface area (Å²) in [4.78, 5) is 32.6. The Morgan fingerprint density at radius 2 is 1.65 bits per heavy atom. The number of aryl methyl sites for hydroxylation is 2. The lowest BCUT2D eigenvalue weighted by Crippen LogP contribution is -2.47. The molecular formula is C24H30N4O3. The van der Waals surface area contributed by atoms with Crippen LogP contribution in [-0.4, -0.2) is 49.7 Å². The molecule has 31 heavy (non-hydrogen) atoms. The molecule has 7 nitrogen and oxygen atoms in total. The standard InChI is InChI=1S/C24H30N4O3/c1-14(2)28(15(3)4)23(29)17(6)31-24(30)19-13-20(18-11-9-8-10-12-18)25-22-21(19)16(5)26-27(22)7/h8-15,17H,1-7H3. The second kappa shape index (κ2) is 8.88. The topological polar surface area (TPSA) is 77.3 Å². The largest absolute Gasteiger partial charge is 0.449 e. The number of nitrogens with zero attached hydrogens (tertiary/aromatic N) is 4. The van der Waals surface area contributed by atoms with Crippen molar-refractivity contribution in [1.82, 2.24) is 19.7 Å². The van der Waals surface area contributed by atoms with Crippen LogP contribution in [-0.2, 0) is 16.6 Å². The Balaban J connectivity index is 2.01. The van der Waals surface area contributed by atoms with Gasteiger partial charge in [-0.15, -0.1) is 0 Å². The normalized spacial score (nSPS) is 12.4. The van der Waals surface area contributed by atoms with Crippen LogP contribution >= 0.6 is 0 Å². The number of aromatic nitrogens is 3. The number of hydrogen-bond acceptors (Lipinski definition) is 5. The molecular weight excluding hydrogens is 392 g/mol. The highest BCUT2D eigenvalue weighted by Gasteiger charge is 2.29. The van der Waals surface area contributed by atoms with Gasteiger partial charge in [0.05, 0.1) is 22.3 Å². The summed E-state index contributed by atoms with van der Waals surface area (Å²) in [7, 11) is 1.79. The molecule has 0 fully saturated rings. The van der Waals surface area contributed by atoms with Gasteiger partial charge >= 0.3 is 5.97 Å². The molecule has 164 valence electrons. The lowest BCUT2D eigenvalue weighted by atomic mass is 10.1. The SMILES string of the molecule is Cc1nn(C)c2nc(-c3ccccc3)cc(C(=O)OC(C)C(=O)N(C(C)C)C(C)C)c12. The minimum Gasteiger partial charge on any atom is -0.449 e. The molecule has 1 unspecified atom stereocenters. The molecule has 0 saturated heterocycles. The lowest BCUT2D eigenvalue weighted by molar-refractivity contribution is -0.143. The smallest absolute Gasteiger partial charge is 0.339 e. The second-order valence-corrected chi connectivity index (χ2v) is 8.31. The van der Waals surface area contributed by atoms with Crippen molar-refractivity contribution in [2.24, 2.45) is 7.05 Å². The number of carbonyl (C=O) groups is 2. The predicted molar refractivity (Wildman–Crippen MR) is 121 cm³/mol. The van der Waals surface area contributed by atoms with Crippen molar-refractivity contribution in [2.75, 3.05) is 0 Å². The minimum atomic E-state index is -0.905. The maximum atomic E-state index is 13.2. The van der Waals surface area contributed by atoms with Gasteiger partial charge in [0.2, 0.25) is 0 Å². The Bertz CT molecular complexity index is 1090. The number of esters is 1. The summed E-state index contributed by atoms with van der Waals surface area (Å²) in [6.07, 6.45) is -0.905. The maximum absolute atomic E-state index is 13.2. The van der Waals surface area contributed by atoms with Crippen molar-refractivity contribution < 1.29 is 14.3 Å². The monoisotopic (exact) mass is 422 g/mol. The number of rotatable bonds is 6. The summed E-state index contributed by atoms with van der Waals surface area (Å²) in [6, 6.07) is 11.4. The van der Waals surface area contributed by atoms with Crippen molar-refractivity contribution >= 4 is 22.9 Å². The quantitative estimate of drug-likeness (QED) is 0.558. The first-order valence-corrected chi connectivity index (χ1v) is 10.5. The van der Waals surface area contributed by atoms with Crippen LogP contribution in [0.1, 0.15) is 50.7 Å². The lowest BCUT2D eigenvalue weighted by Gasteiger charge is -2.32. The van der Waals surface area contributed by atoms with Gasteiger partial charge in [-0.25, -0.2) is 9.78 Å². The van der Waals surface area contributed by atoms with Gasteiger partial charge in [0.25, 0.3) is 5.91 Å². The summed E-state index contributed by atoms with van der Waals surface area (Å²) in [5.41, 5.74) is 3.16. The molecule has 0 spiro atoms. The zero-order valence-electron chi connectivity index (χ0n) is 19.2. The second-order valence-electron chi connectivity index (χ2n) is 8.31. The number of hydrogen-bond donors (Lipinski definition) is 0. The third-order valence-corrected chi connectivity index (χ3v) is 5.26. The fourth-order valence-corrected chi connectivity index (χ4v) is 3.95. The average Bonchev–Trinajstić information content (AvgIpc) is 3.01. The maximum Gasteiger partial charge on any atom is 0.339 e. The van der Waals surface area contributed by atoms with E-state index in [1.54, 1.807) is 29.6 Å². The molecule has 0 aliphatic heterocycles. The highest BCUT2D eigenvalue weighted by molar-refractivity contribution is 6.05. The molecule has 2 aromatic heterocycles. The van der Waals surface area contributed by atoms with Crippen LogP contribution in [0.2, 0.25) is 0 Å². The third-order valence-electron chi connectivity index (χ3n) is 5.26. The van der Waals surface area contributed by atoms with E-state index in [1.807, 2.05) is 65.0 Å². The summed E-state index contributed by atoms with van der Waals surface area (Å²) in [5.74, 6) is -0.774. The molecule has 2 heterocycles. The van der Waals surface area contributed by atoms with Crippen molar-refractivity contribution in [3.63, 3.8) is 0 Å². The number of benzene rings is 1. The van der Waals surface area contributed by atoms with Crippen molar-refractivity contribution in [1.29, 1.82) is 0 Å². The number of pyridine rings is 1. The highest BCUT2D eigenvalue weighted by Crippen LogP contribution is 2.27. The highest BCUT2D eigenvalue weighted by atomic mass is 16.5. The predicted octanol–water partition coefficient (Wildman–Crippen LogP) is 4.13. The van der Waals surface area contributed by atoms with Crippen LogP contribution in [0.4, 0.5) is 0 Å². The first-order chi connectivity index (χ1) is 14.6. The van der Waals surface area contributed by atoms with E-state index in [4.69, 9.17) is 9.72 Å². The fourth-order valence-electron chi connectivity index (χ4n) is 3.95. The van der Waals surface area contributed by atoms with Crippen molar-refractivity contribution in [2.45, 2.75) is 59.7 Å². The average molecular weight is 423 g/mol. The molecule has 1 atom stereocenters. The van der Waals surface area contributed by atoms with Crippen LogP contribution in [0, 0.1) is 6.92 Å². The molecule has 0 N–H and O–H groups in total. The van der Waals surface area contributed by atoms with Gasteiger partial charge in [0.1, 0.15) is 0 Å². The van der Waals surface area contributed by atoms with Crippen LogP contribution in [0.25, 0.3) is 22.3 Å². The summed E-state index contributed by atoms with van der Waals surface area (Å²) in [5, 5.41) is 5.06. The molecule has 0 radical (unpaired) electrons. The van der Waals surface area contributed by atoms with Gasteiger partial charge in [-0.3, -0.25) is 9.48 Å². The van der Waals surface area contributed by atoms with Crippen molar-refractivity contribution in [3.05, 3.63) is 47.7 Å². The van der Waals surface area contributed by atoms with E-state index in [-0.39, 0.29) is 18.0 Å². The zero-order chi connectivity index (χ0) is 22.9. The van der Waals surface area contributed by atoms with Crippen molar-refractivity contribution in [3.8, 4) is 11.3 Å². The fraction of sp³-hybridized carbons (Fsp3) is 0.417. The minimum absolute atomic E-state index is 0.00605. The number of amides is 1. The van der Waals surface area contributed by atoms with E-state index in [0.717, 1.165) is 5.56 Å². The summed E-state index contributed by atoms with van der Waals surface area (Å²) in [6.45, 7) is 11.2. The Kier molecular flexibility index (Phi) is 6.43. The first-order valence-electron chi connectivity index (χ1n) is 10.5. The van der Waals surface area contributed by atoms with Crippen LogP contribution in [0.3, 0.4) is 0 Å². The first kappa shape index (κ1) is 22.5. The van der Waals surface area contributed by atoms with E-state index in [1.165, 1.54) is 0 Å². The molecule has 7 heteroatoms. The van der Waals surface area contributed by atoms with Gasteiger partial charge in [0.15, 0.2) is 11.8 Å². The molecule has 0 aliphatic carbocycles. The molecule has 0 bridgehead atoms. The Hall–Kier alpha value is -3.22. The molecule has 0 aliphatic rings. The van der Waals surface area contributed by atoms with Gasteiger partial charge in [0, 0.05) is 24.7 Å². The van der Waals surface area contributed by atoms with Crippen LogP contribution in [0.5, 0.6) is 0 Å². The van der Waals surface area contributed by atoms with Gasteiger partial charge in [-0.1, -0.05) is 30.3 Å². The van der Waals surface area contributed by atoms with Gasteiger partial charge in [-0.05, 0) is 47.6 Å². The Morgan fingerprint density at radius 1 is 1.03 bits per heavy atom. The third kappa shape index (κ3) is 4.45. The summed E-state index contributed by atoms with van der Waals surface area (Å²) < 4.78 is 7.30. The summed E-state index contributed by atoms with van der Waals surface area (Å²) >= 11 is 0. The van der Waals surface area contributed by atoms with Gasteiger partial charge in [-0.2, -0.15) is 5.10 Å². The number of fused-ring (bicyclic) bond motifs is 1. The molecule has 3 aromatic rings. The zero-order valence-corrected chi connectivity index (χ0v) is 19.2. The molecule has 3 rings (SSSR count). The molecule has 0 saturated carbocycles. The van der Waals surface area contributed by atoms with E-state index in [9.17, 15) is 9.59 Å². The van der Waals surface area contributed by atoms with E-state index >= 15 is 0 Å². The van der Waals surface area contributed by atoms with Crippen LogP contribution in [0.15, 0.2) is 36.4 Å². The van der Waals surface area contributed by atoms with E-state index in [2.05, 4.69) is 5.10 Å². The molecule has 1 amide bonds. The van der Waals surface area contributed by atoms with Crippen LogP contribution < -0.4 is 0 Å². The van der Waals surface area contributed by atoms with E-state index < -0.39 is 12.1 Å². The Morgan fingerprint density at radius 3 is 2.23 bits per heavy atom. The van der Waals surface area contributed by atoms with Gasteiger partial charge < -0.3 is 9.64 Å². The number of carbonyl (C=O) groups excluding carboxylic acids is 2. The molecule has 1 aromatic carbocycles. The Labute approximate surface area is 183 Å². The number of ether oxygens (including phenoxy) is 1.